The van der Waals surface area contributed by atoms with E-state index in [9.17, 15) is 0 Å². The lowest BCUT2D eigenvalue weighted by Crippen LogP contribution is -2.23. The lowest BCUT2D eigenvalue weighted by molar-refractivity contribution is 0.558. The molecule has 5 nitrogen and oxygen atoms in total. The summed E-state index contributed by atoms with van der Waals surface area (Å²) in [5.74, 6) is 0. The number of hydrogen-bond donors (Lipinski definition) is 1. The van der Waals surface area contributed by atoms with Crippen molar-refractivity contribution < 1.29 is 0 Å². The minimum absolute atomic E-state index is 0.482. The molecule has 92 valence electrons. The van der Waals surface area contributed by atoms with Crippen molar-refractivity contribution in [1.82, 2.24) is 24.6 Å². The zero-order valence-electron chi connectivity index (χ0n) is 10.6. The summed E-state index contributed by atoms with van der Waals surface area (Å²) in [6.07, 6.45) is 5.59. The Hall–Kier alpha value is -1.62. The standard InChI is InChI=1S/C12H19N5/c1-10(2)14-7-12-6-13-9-17(12)8-11-4-5-15-16(11)3/h4-6,9-10,14H,7-8H2,1-3H3. The third kappa shape index (κ3) is 2.94. The van der Waals surface area contributed by atoms with Crippen molar-refractivity contribution >= 4 is 0 Å². The highest BCUT2D eigenvalue weighted by molar-refractivity contribution is 5.06. The average Bonchev–Trinajstić information content (AvgIpc) is 2.87. The Morgan fingerprint density at radius 2 is 2.18 bits per heavy atom. The van der Waals surface area contributed by atoms with Crippen LogP contribution >= 0.6 is 0 Å². The van der Waals surface area contributed by atoms with Gasteiger partial charge in [0.15, 0.2) is 0 Å². The van der Waals surface area contributed by atoms with Gasteiger partial charge in [0.1, 0.15) is 0 Å². The van der Waals surface area contributed by atoms with Gasteiger partial charge in [-0.1, -0.05) is 13.8 Å². The fourth-order valence-corrected chi connectivity index (χ4v) is 1.68. The minimum Gasteiger partial charge on any atom is -0.327 e. The van der Waals surface area contributed by atoms with Crippen LogP contribution in [0.15, 0.2) is 24.8 Å². The Balaban J connectivity index is 2.06. The van der Waals surface area contributed by atoms with E-state index in [0.29, 0.717) is 6.04 Å². The van der Waals surface area contributed by atoms with Gasteiger partial charge < -0.3 is 9.88 Å². The summed E-state index contributed by atoms with van der Waals surface area (Å²) in [6, 6.07) is 2.51. The second kappa shape index (κ2) is 5.14. The number of aromatic nitrogens is 4. The third-order valence-electron chi connectivity index (χ3n) is 2.74. The molecule has 0 amide bonds. The SMILES string of the molecule is CC(C)NCc1cncn1Cc1ccnn1C. The van der Waals surface area contributed by atoms with Crippen LogP contribution in [0.4, 0.5) is 0 Å². The van der Waals surface area contributed by atoms with E-state index >= 15 is 0 Å². The molecule has 0 saturated carbocycles. The molecule has 0 bridgehead atoms. The number of nitrogens with zero attached hydrogens (tertiary/aromatic N) is 4. The summed E-state index contributed by atoms with van der Waals surface area (Å²) >= 11 is 0. The highest BCUT2D eigenvalue weighted by atomic mass is 15.3. The summed E-state index contributed by atoms with van der Waals surface area (Å²) < 4.78 is 4.03. The first-order chi connectivity index (χ1) is 8.16. The second-order valence-corrected chi connectivity index (χ2v) is 4.49. The monoisotopic (exact) mass is 233 g/mol. The van der Waals surface area contributed by atoms with Gasteiger partial charge in [-0.25, -0.2) is 4.98 Å². The minimum atomic E-state index is 0.482. The number of imidazole rings is 1. The van der Waals surface area contributed by atoms with E-state index in [-0.39, 0.29) is 0 Å². The molecule has 0 saturated heterocycles. The molecular weight excluding hydrogens is 214 g/mol. The van der Waals surface area contributed by atoms with E-state index in [0.717, 1.165) is 13.1 Å². The fourth-order valence-electron chi connectivity index (χ4n) is 1.68. The average molecular weight is 233 g/mol. The summed E-state index contributed by atoms with van der Waals surface area (Å²) in [4.78, 5) is 4.20. The lowest BCUT2D eigenvalue weighted by atomic mass is 10.3. The van der Waals surface area contributed by atoms with E-state index in [1.54, 1.807) is 0 Å². The van der Waals surface area contributed by atoms with Gasteiger partial charge in [0, 0.05) is 32.0 Å². The predicted molar refractivity (Wildman–Crippen MR) is 66.5 cm³/mol. The lowest BCUT2D eigenvalue weighted by Gasteiger charge is -2.11. The molecular formula is C12H19N5. The van der Waals surface area contributed by atoms with Crippen molar-refractivity contribution in [3.63, 3.8) is 0 Å². The van der Waals surface area contributed by atoms with E-state index in [4.69, 9.17) is 0 Å². The molecule has 0 spiro atoms. The van der Waals surface area contributed by atoms with E-state index < -0.39 is 0 Å². The van der Waals surface area contributed by atoms with Gasteiger partial charge >= 0.3 is 0 Å². The van der Waals surface area contributed by atoms with Crippen LogP contribution in [0.3, 0.4) is 0 Å². The van der Waals surface area contributed by atoms with Gasteiger partial charge in [0.05, 0.1) is 24.3 Å². The molecule has 0 radical (unpaired) electrons. The summed E-state index contributed by atoms with van der Waals surface area (Å²) in [6.45, 7) is 5.94. The molecule has 0 aromatic carbocycles. The topological polar surface area (TPSA) is 47.7 Å². The highest BCUT2D eigenvalue weighted by Crippen LogP contribution is 2.05. The summed E-state index contributed by atoms with van der Waals surface area (Å²) in [5, 5.41) is 7.57. The van der Waals surface area contributed by atoms with Crippen LogP contribution in [-0.4, -0.2) is 25.4 Å². The Bertz CT molecular complexity index is 469. The largest absolute Gasteiger partial charge is 0.327 e. The number of rotatable bonds is 5. The number of aryl methyl sites for hydroxylation is 1. The molecule has 0 fully saturated rings. The third-order valence-corrected chi connectivity index (χ3v) is 2.74. The molecule has 2 aromatic heterocycles. The summed E-state index contributed by atoms with van der Waals surface area (Å²) in [7, 11) is 1.96. The van der Waals surface area contributed by atoms with Gasteiger partial charge in [-0.3, -0.25) is 4.68 Å². The van der Waals surface area contributed by atoms with E-state index in [2.05, 4.69) is 33.8 Å². The van der Waals surface area contributed by atoms with Crippen LogP contribution in [0.25, 0.3) is 0 Å². The quantitative estimate of drug-likeness (QED) is 0.843. The first-order valence-corrected chi connectivity index (χ1v) is 5.86. The Morgan fingerprint density at radius 3 is 2.82 bits per heavy atom. The maximum atomic E-state index is 4.20. The summed E-state index contributed by atoms with van der Waals surface area (Å²) in [5.41, 5.74) is 2.37. The number of nitrogens with one attached hydrogen (secondary N) is 1. The molecule has 2 heterocycles. The van der Waals surface area contributed by atoms with Gasteiger partial charge in [-0.05, 0) is 6.07 Å². The van der Waals surface area contributed by atoms with Crippen LogP contribution in [-0.2, 0) is 20.1 Å². The Kier molecular flexibility index (Phi) is 3.58. The molecule has 5 heteroatoms. The van der Waals surface area contributed by atoms with Crippen molar-refractivity contribution in [2.45, 2.75) is 33.0 Å². The van der Waals surface area contributed by atoms with Gasteiger partial charge in [-0.2, -0.15) is 5.10 Å². The smallest absolute Gasteiger partial charge is 0.0952 e. The Morgan fingerprint density at radius 1 is 1.35 bits per heavy atom. The highest BCUT2D eigenvalue weighted by Gasteiger charge is 2.05. The van der Waals surface area contributed by atoms with E-state index in [1.807, 2.05) is 36.5 Å². The zero-order valence-corrected chi connectivity index (χ0v) is 10.6. The van der Waals surface area contributed by atoms with Crippen molar-refractivity contribution in [1.29, 1.82) is 0 Å². The molecule has 0 aliphatic rings. The maximum Gasteiger partial charge on any atom is 0.0952 e. The maximum absolute atomic E-state index is 4.20. The van der Waals surface area contributed by atoms with E-state index in [1.165, 1.54) is 11.4 Å². The first kappa shape index (κ1) is 11.9. The molecule has 0 aliphatic heterocycles. The normalized spacial score (nSPS) is 11.3. The van der Waals surface area contributed by atoms with Gasteiger partial charge in [-0.15, -0.1) is 0 Å². The van der Waals surface area contributed by atoms with Crippen LogP contribution in [0.1, 0.15) is 25.2 Å². The van der Waals surface area contributed by atoms with Gasteiger partial charge in [0.25, 0.3) is 0 Å². The molecule has 2 aromatic rings. The van der Waals surface area contributed by atoms with Crippen molar-refractivity contribution in [3.8, 4) is 0 Å². The van der Waals surface area contributed by atoms with Crippen molar-refractivity contribution in [3.05, 3.63) is 36.2 Å². The molecule has 2 rings (SSSR count). The van der Waals surface area contributed by atoms with Crippen LogP contribution < -0.4 is 5.32 Å². The first-order valence-electron chi connectivity index (χ1n) is 5.86. The fraction of sp³-hybridized carbons (Fsp3) is 0.500. The van der Waals surface area contributed by atoms with Crippen LogP contribution in [0, 0.1) is 0 Å². The molecule has 17 heavy (non-hydrogen) atoms. The van der Waals surface area contributed by atoms with Crippen LogP contribution in [0.2, 0.25) is 0 Å². The van der Waals surface area contributed by atoms with Crippen molar-refractivity contribution in [2.75, 3.05) is 0 Å². The zero-order chi connectivity index (χ0) is 12.3. The second-order valence-electron chi connectivity index (χ2n) is 4.49. The van der Waals surface area contributed by atoms with Gasteiger partial charge in [0.2, 0.25) is 0 Å². The molecule has 0 aliphatic carbocycles. The van der Waals surface area contributed by atoms with Crippen molar-refractivity contribution in [2.24, 2.45) is 7.05 Å². The predicted octanol–water partition coefficient (Wildman–Crippen LogP) is 1.16. The number of hydrogen-bond acceptors (Lipinski definition) is 3. The molecule has 0 unspecified atom stereocenters. The molecule has 1 N–H and O–H groups in total. The Labute approximate surface area is 101 Å². The van der Waals surface area contributed by atoms with Crippen LogP contribution in [0.5, 0.6) is 0 Å². The molecule has 0 atom stereocenters.